The second-order valence-electron chi connectivity index (χ2n) is 3.48. The van der Waals surface area contributed by atoms with Gasteiger partial charge in [-0.15, -0.1) is 0 Å². The van der Waals surface area contributed by atoms with E-state index in [1.807, 2.05) is 24.3 Å². The van der Waals surface area contributed by atoms with Crippen LogP contribution in [-0.4, -0.2) is 28.5 Å². The third-order valence-electron chi connectivity index (χ3n) is 2.33. The topological polar surface area (TPSA) is 75.9 Å². The van der Waals surface area contributed by atoms with Crippen molar-refractivity contribution in [1.29, 1.82) is 0 Å². The Morgan fingerprint density at radius 1 is 1.29 bits per heavy atom. The summed E-state index contributed by atoms with van der Waals surface area (Å²) < 4.78 is 0. The number of benzene rings is 1. The Morgan fingerprint density at radius 3 is 2.88 bits per heavy atom. The van der Waals surface area contributed by atoms with Gasteiger partial charge in [-0.2, -0.15) is 16.7 Å². The maximum atomic E-state index is 5.36. The number of aromatic nitrogens is 2. The summed E-state index contributed by atoms with van der Waals surface area (Å²) >= 11 is 1.79. The van der Waals surface area contributed by atoms with Gasteiger partial charge in [0.2, 0.25) is 5.95 Å². The lowest BCUT2D eigenvalue weighted by atomic mass is 10.2. The number of nitrogen functional groups attached to an aromatic ring is 1. The molecule has 0 bridgehead atoms. The van der Waals surface area contributed by atoms with Gasteiger partial charge in [-0.1, -0.05) is 12.1 Å². The fourth-order valence-electron chi connectivity index (χ4n) is 1.55. The highest BCUT2D eigenvalue weighted by Crippen LogP contribution is 2.21. The molecular formula is C11H15N5S. The van der Waals surface area contributed by atoms with Crippen LogP contribution < -0.4 is 16.6 Å². The van der Waals surface area contributed by atoms with E-state index in [1.54, 1.807) is 11.8 Å². The minimum absolute atomic E-state index is 0.426. The van der Waals surface area contributed by atoms with Crippen LogP contribution in [-0.2, 0) is 0 Å². The second kappa shape index (κ2) is 5.70. The van der Waals surface area contributed by atoms with Crippen molar-refractivity contribution in [3.8, 4) is 0 Å². The molecule has 0 spiro atoms. The number of hydrogen-bond donors (Lipinski definition) is 3. The number of nitrogens with one attached hydrogen (secondary N) is 2. The van der Waals surface area contributed by atoms with Crippen molar-refractivity contribution < 1.29 is 0 Å². The van der Waals surface area contributed by atoms with E-state index in [0.29, 0.717) is 5.95 Å². The quantitative estimate of drug-likeness (QED) is 0.425. The van der Waals surface area contributed by atoms with Crippen molar-refractivity contribution in [2.45, 2.75) is 0 Å². The van der Waals surface area contributed by atoms with Crippen LogP contribution in [0.1, 0.15) is 0 Å². The molecule has 0 fully saturated rings. The summed E-state index contributed by atoms with van der Waals surface area (Å²) in [5.74, 6) is 7.63. The largest absolute Gasteiger partial charge is 0.369 e. The molecule has 0 amide bonds. The standard InChI is InChI=1S/C11H15N5S/c1-17-7-6-13-10-8-4-2-3-5-9(8)14-11(15-10)16-12/h2-5H,6-7,12H2,1H3,(H2,13,14,15,16). The first-order valence-corrected chi connectivity index (χ1v) is 6.70. The summed E-state index contributed by atoms with van der Waals surface area (Å²) in [4.78, 5) is 8.61. The number of para-hydroxylation sites is 1. The highest BCUT2D eigenvalue weighted by atomic mass is 32.2. The number of rotatable bonds is 5. The van der Waals surface area contributed by atoms with E-state index < -0.39 is 0 Å². The van der Waals surface area contributed by atoms with Crippen LogP contribution in [0.5, 0.6) is 0 Å². The van der Waals surface area contributed by atoms with Crippen LogP contribution in [0, 0.1) is 0 Å². The highest BCUT2D eigenvalue weighted by molar-refractivity contribution is 7.98. The monoisotopic (exact) mass is 249 g/mol. The van der Waals surface area contributed by atoms with Crippen molar-refractivity contribution >= 4 is 34.4 Å². The van der Waals surface area contributed by atoms with E-state index in [0.717, 1.165) is 29.0 Å². The Balaban J connectivity index is 2.36. The minimum atomic E-state index is 0.426. The van der Waals surface area contributed by atoms with Crippen molar-refractivity contribution in [1.82, 2.24) is 9.97 Å². The number of hydrazine groups is 1. The van der Waals surface area contributed by atoms with Crippen LogP contribution in [0.3, 0.4) is 0 Å². The fourth-order valence-corrected chi connectivity index (χ4v) is 1.85. The zero-order valence-electron chi connectivity index (χ0n) is 9.60. The van der Waals surface area contributed by atoms with Gasteiger partial charge >= 0.3 is 0 Å². The van der Waals surface area contributed by atoms with Crippen LogP contribution in [0.25, 0.3) is 10.9 Å². The SMILES string of the molecule is CSCCNc1nc(NN)nc2ccccc12. The molecule has 2 rings (SSSR count). The molecule has 1 aromatic heterocycles. The summed E-state index contributed by atoms with van der Waals surface area (Å²) in [6, 6.07) is 7.86. The zero-order chi connectivity index (χ0) is 12.1. The molecule has 5 nitrogen and oxygen atoms in total. The van der Waals surface area contributed by atoms with Gasteiger partial charge in [0.1, 0.15) is 5.82 Å². The molecule has 6 heteroatoms. The molecule has 1 heterocycles. The minimum Gasteiger partial charge on any atom is -0.369 e. The average Bonchev–Trinajstić information content (AvgIpc) is 2.38. The lowest BCUT2D eigenvalue weighted by Gasteiger charge is -2.09. The van der Waals surface area contributed by atoms with Crippen LogP contribution in [0.4, 0.5) is 11.8 Å². The summed E-state index contributed by atoms with van der Waals surface area (Å²) in [6.45, 7) is 0.867. The molecule has 1 aromatic carbocycles. The fraction of sp³-hybridized carbons (Fsp3) is 0.273. The summed E-state index contributed by atoms with van der Waals surface area (Å²) in [7, 11) is 0. The first-order chi connectivity index (χ1) is 8.35. The lowest BCUT2D eigenvalue weighted by molar-refractivity contribution is 1.12. The van der Waals surface area contributed by atoms with E-state index in [2.05, 4.69) is 27.0 Å². The summed E-state index contributed by atoms with van der Waals surface area (Å²) in [5, 5.41) is 4.30. The van der Waals surface area contributed by atoms with Crippen molar-refractivity contribution in [2.24, 2.45) is 5.84 Å². The maximum absolute atomic E-state index is 5.36. The van der Waals surface area contributed by atoms with Gasteiger partial charge in [-0.25, -0.2) is 10.8 Å². The molecule has 4 N–H and O–H groups in total. The molecule has 90 valence electrons. The lowest BCUT2D eigenvalue weighted by Crippen LogP contribution is -2.13. The number of thioether (sulfide) groups is 1. The Morgan fingerprint density at radius 2 is 2.12 bits per heavy atom. The molecule has 0 aliphatic rings. The van der Waals surface area contributed by atoms with Gasteiger partial charge in [0.15, 0.2) is 0 Å². The molecular weight excluding hydrogens is 234 g/mol. The molecule has 0 radical (unpaired) electrons. The van der Waals surface area contributed by atoms with E-state index in [9.17, 15) is 0 Å². The van der Waals surface area contributed by atoms with E-state index in [-0.39, 0.29) is 0 Å². The molecule has 2 aromatic rings. The first kappa shape index (κ1) is 11.9. The van der Waals surface area contributed by atoms with Crippen molar-refractivity contribution in [3.63, 3.8) is 0 Å². The third-order valence-corrected chi connectivity index (χ3v) is 2.94. The van der Waals surface area contributed by atoms with Crippen LogP contribution in [0.15, 0.2) is 24.3 Å². The molecule has 0 aliphatic carbocycles. The molecule has 0 saturated carbocycles. The Bertz CT molecular complexity index is 502. The average molecular weight is 249 g/mol. The smallest absolute Gasteiger partial charge is 0.239 e. The number of anilines is 2. The predicted octanol–water partition coefficient (Wildman–Crippen LogP) is 1.69. The predicted molar refractivity (Wildman–Crippen MR) is 74.2 cm³/mol. The van der Waals surface area contributed by atoms with Gasteiger partial charge in [0.05, 0.1) is 5.52 Å². The molecule has 0 aliphatic heterocycles. The second-order valence-corrected chi connectivity index (χ2v) is 4.46. The molecule has 17 heavy (non-hydrogen) atoms. The zero-order valence-corrected chi connectivity index (χ0v) is 10.4. The first-order valence-electron chi connectivity index (χ1n) is 5.31. The third kappa shape index (κ3) is 2.78. The highest BCUT2D eigenvalue weighted by Gasteiger charge is 2.05. The normalized spacial score (nSPS) is 10.5. The molecule has 0 atom stereocenters. The van der Waals surface area contributed by atoms with Gasteiger partial charge in [-0.3, -0.25) is 5.43 Å². The van der Waals surface area contributed by atoms with Gasteiger partial charge in [0.25, 0.3) is 0 Å². The Kier molecular flexibility index (Phi) is 4.00. The maximum Gasteiger partial charge on any atom is 0.239 e. The Labute approximate surface area is 104 Å². The number of hydrogen-bond acceptors (Lipinski definition) is 6. The number of nitrogens with zero attached hydrogens (tertiary/aromatic N) is 2. The summed E-state index contributed by atoms with van der Waals surface area (Å²) in [6.07, 6.45) is 2.08. The Hall–Kier alpha value is -1.53. The number of nitrogens with two attached hydrogens (primary N) is 1. The van der Waals surface area contributed by atoms with Crippen LogP contribution >= 0.6 is 11.8 Å². The van der Waals surface area contributed by atoms with E-state index >= 15 is 0 Å². The van der Waals surface area contributed by atoms with Gasteiger partial charge in [0, 0.05) is 17.7 Å². The van der Waals surface area contributed by atoms with Gasteiger partial charge in [-0.05, 0) is 18.4 Å². The molecule has 0 unspecified atom stereocenters. The molecule has 0 saturated heterocycles. The van der Waals surface area contributed by atoms with Crippen LogP contribution in [0.2, 0.25) is 0 Å². The van der Waals surface area contributed by atoms with Gasteiger partial charge < -0.3 is 5.32 Å². The van der Waals surface area contributed by atoms with Crippen molar-refractivity contribution in [2.75, 3.05) is 29.3 Å². The summed E-state index contributed by atoms with van der Waals surface area (Å²) in [5.41, 5.74) is 3.36. The van der Waals surface area contributed by atoms with E-state index in [1.165, 1.54) is 0 Å². The van der Waals surface area contributed by atoms with E-state index in [4.69, 9.17) is 5.84 Å². The number of fused-ring (bicyclic) bond motifs is 1. The van der Waals surface area contributed by atoms with Crippen molar-refractivity contribution in [3.05, 3.63) is 24.3 Å².